The van der Waals surface area contributed by atoms with Crippen molar-refractivity contribution in [3.63, 3.8) is 0 Å². The van der Waals surface area contributed by atoms with E-state index in [2.05, 4.69) is 21.2 Å². The number of aryl methyl sites for hydroxylation is 2. The molecule has 1 atom stereocenters. The molecular formula is C28H38BrN3O4S. The first-order valence-electron chi connectivity index (χ1n) is 12.9. The molecule has 0 aliphatic heterocycles. The largest absolute Gasteiger partial charge is 0.352 e. The van der Waals surface area contributed by atoms with Crippen molar-refractivity contribution in [2.45, 2.75) is 77.9 Å². The van der Waals surface area contributed by atoms with E-state index in [1.54, 1.807) is 18.2 Å². The fourth-order valence-electron chi connectivity index (χ4n) is 4.75. The first-order chi connectivity index (χ1) is 17.5. The van der Waals surface area contributed by atoms with Crippen molar-refractivity contribution in [3.05, 3.63) is 63.6 Å². The minimum absolute atomic E-state index is 0.116. The van der Waals surface area contributed by atoms with Crippen molar-refractivity contribution >= 4 is 43.5 Å². The third kappa shape index (κ3) is 8.04. The van der Waals surface area contributed by atoms with Crippen LogP contribution in [-0.2, 0) is 26.2 Å². The van der Waals surface area contributed by atoms with Gasteiger partial charge in [0, 0.05) is 17.1 Å². The second-order valence-electron chi connectivity index (χ2n) is 9.98. The zero-order valence-electron chi connectivity index (χ0n) is 22.2. The van der Waals surface area contributed by atoms with Crippen molar-refractivity contribution in [2.24, 2.45) is 0 Å². The van der Waals surface area contributed by atoms with E-state index in [0.717, 1.165) is 57.4 Å². The normalized spacial score (nSPS) is 15.2. The number of amides is 2. The van der Waals surface area contributed by atoms with Crippen LogP contribution in [0.3, 0.4) is 0 Å². The standard InChI is InChI=1S/C28H38BrN3O4S/c1-5-26(28(34)30-23-9-7-6-8-10-23)31(18-22-13-11-20(2)12-14-22)27(33)19-32(37(4,35)36)24-15-16-25(29)21(3)17-24/h11-17,23,26H,5-10,18-19H2,1-4H3,(H,30,34)/t26-/m0/s1. The first-order valence-corrected chi connectivity index (χ1v) is 15.5. The van der Waals surface area contributed by atoms with Crippen LogP contribution in [0.2, 0.25) is 0 Å². The van der Waals surface area contributed by atoms with Gasteiger partial charge in [-0.1, -0.05) is 71.9 Å². The van der Waals surface area contributed by atoms with Gasteiger partial charge in [0.1, 0.15) is 12.6 Å². The molecule has 7 nitrogen and oxygen atoms in total. The fraction of sp³-hybridized carbons (Fsp3) is 0.500. The minimum atomic E-state index is -3.76. The molecule has 2 amide bonds. The number of rotatable bonds is 10. The molecule has 0 saturated heterocycles. The molecule has 1 aliphatic carbocycles. The molecule has 1 saturated carbocycles. The van der Waals surface area contributed by atoms with Gasteiger partial charge in [-0.25, -0.2) is 8.42 Å². The van der Waals surface area contributed by atoms with Crippen LogP contribution in [0, 0.1) is 13.8 Å². The number of hydrogen-bond donors (Lipinski definition) is 1. The maximum atomic E-state index is 13.8. The number of nitrogens with one attached hydrogen (secondary N) is 1. The van der Waals surface area contributed by atoms with Crippen LogP contribution in [0.15, 0.2) is 46.9 Å². The van der Waals surface area contributed by atoms with Crippen LogP contribution in [-0.4, -0.2) is 50.0 Å². The lowest BCUT2D eigenvalue weighted by molar-refractivity contribution is -0.140. The minimum Gasteiger partial charge on any atom is -0.352 e. The molecule has 2 aromatic rings. The molecule has 1 aliphatic rings. The van der Waals surface area contributed by atoms with Crippen molar-refractivity contribution in [1.82, 2.24) is 10.2 Å². The van der Waals surface area contributed by atoms with Crippen molar-refractivity contribution in [3.8, 4) is 0 Å². The highest BCUT2D eigenvalue weighted by molar-refractivity contribution is 9.10. The zero-order chi connectivity index (χ0) is 27.2. The number of benzene rings is 2. The predicted octanol–water partition coefficient (Wildman–Crippen LogP) is 5.09. The highest BCUT2D eigenvalue weighted by Gasteiger charge is 2.32. The number of carbonyl (C=O) groups is 2. The Kier molecular flexibility index (Phi) is 10.2. The van der Waals surface area contributed by atoms with Gasteiger partial charge in [0.05, 0.1) is 11.9 Å². The first kappa shape index (κ1) is 29.2. The lowest BCUT2D eigenvalue weighted by Gasteiger charge is -2.34. The summed E-state index contributed by atoms with van der Waals surface area (Å²) in [6.45, 7) is 5.56. The summed E-state index contributed by atoms with van der Waals surface area (Å²) in [5.41, 5.74) is 3.24. The van der Waals surface area contributed by atoms with Crippen molar-refractivity contribution in [1.29, 1.82) is 0 Å². The Labute approximate surface area is 229 Å². The molecule has 0 aromatic heterocycles. The summed E-state index contributed by atoms with van der Waals surface area (Å²) in [6.07, 6.45) is 6.75. The number of halogens is 1. The number of hydrogen-bond acceptors (Lipinski definition) is 4. The fourth-order valence-corrected chi connectivity index (χ4v) is 5.84. The second-order valence-corrected chi connectivity index (χ2v) is 12.7. The Morgan fingerprint density at radius 3 is 2.27 bits per heavy atom. The quantitative estimate of drug-likeness (QED) is 0.417. The lowest BCUT2D eigenvalue weighted by Crippen LogP contribution is -2.53. The molecule has 1 N–H and O–H groups in total. The molecule has 202 valence electrons. The lowest BCUT2D eigenvalue weighted by atomic mass is 9.95. The van der Waals surface area contributed by atoms with Crippen LogP contribution >= 0.6 is 15.9 Å². The Morgan fingerprint density at radius 2 is 1.70 bits per heavy atom. The average molecular weight is 593 g/mol. The summed E-state index contributed by atoms with van der Waals surface area (Å²) in [4.78, 5) is 28.8. The van der Waals surface area contributed by atoms with Gasteiger partial charge in [-0.2, -0.15) is 0 Å². The number of sulfonamides is 1. The summed E-state index contributed by atoms with van der Waals surface area (Å²) in [5.74, 6) is -0.600. The average Bonchev–Trinajstić information content (AvgIpc) is 2.85. The smallest absolute Gasteiger partial charge is 0.244 e. The molecule has 1 fully saturated rings. The van der Waals surface area contributed by atoms with Gasteiger partial charge in [0.25, 0.3) is 0 Å². The number of nitrogens with zero attached hydrogens (tertiary/aromatic N) is 2. The molecule has 37 heavy (non-hydrogen) atoms. The summed E-state index contributed by atoms with van der Waals surface area (Å²) in [5, 5.41) is 3.16. The topological polar surface area (TPSA) is 86.8 Å². The Balaban J connectivity index is 1.92. The third-order valence-electron chi connectivity index (χ3n) is 6.92. The van der Waals surface area contributed by atoms with Gasteiger partial charge >= 0.3 is 0 Å². The van der Waals surface area contributed by atoms with E-state index in [0.29, 0.717) is 12.1 Å². The van der Waals surface area contributed by atoms with Crippen LogP contribution in [0.1, 0.15) is 62.1 Å². The van der Waals surface area contributed by atoms with Gasteiger partial charge in [-0.3, -0.25) is 13.9 Å². The zero-order valence-corrected chi connectivity index (χ0v) is 24.6. The van der Waals surface area contributed by atoms with Crippen molar-refractivity contribution < 1.29 is 18.0 Å². The maximum absolute atomic E-state index is 13.8. The molecular weight excluding hydrogens is 554 g/mol. The van der Waals surface area contributed by atoms with Gasteiger partial charge < -0.3 is 10.2 Å². The Bertz CT molecular complexity index is 1190. The Hall–Kier alpha value is -2.39. The molecule has 0 unspecified atom stereocenters. The van der Waals surface area contributed by atoms with Gasteiger partial charge in [0.2, 0.25) is 21.8 Å². The van der Waals surface area contributed by atoms with Crippen molar-refractivity contribution in [2.75, 3.05) is 17.1 Å². The van der Waals surface area contributed by atoms with E-state index in [-0.39, 0.29) is 25.0 Å². The monoisotopic (exact) mass is 591 g/mol. The molecule has 0 bridgehead atoms. The van der Waals surface area contributed by atoms with Crippen LogP contribution < -0.4 is 9.62 Å². The maximum Gasteiger partial charge on any atom is 0.244 e. The molecule has 0 spiro atoms. The number of carbonyl (C=O) groups excluding carboxylic acids is 2. The summed E-state index contributed by atoms with van der Waals surface area (Å²) >= 11 is 3.44. The highest BCUT2D eigenvalue weighted by atomic mass is 79.9. The van der Waals surface area contributed by atoms with Gasteiger partial charge in [-0.05, 0) is 62.4 Å². The molecule has 0 radical (unpaired) electrons. The van der Waals surface area contributed by atoms with E-state index in [1.165, 1.54) is 11.3 Å². The molecule has 0 heterocycles. The molecule has 9 heteroatoms. The van der Waals surface area contributed by atoms with Crippen LogP contribution in [0.25, 0.3) is 0 Å². The Morgan fingerprint density at radius 1 is 1.05 bits per heavy atom. The predicted molar refractivity (Wildman–Crippen MR) is 152 cm³/mol. The van der Waals surface area contributed by atoms with E-state index in [9.17, 15) is 18.0 Å². The van der Waals surface area contributed by atoms with Crippen LogP contribution in [0.5, 0.6) is 0 Å². The summed E-state index contributed by atoms with van der Waals surface area (Å²) in [6, 6.07) is 12.4. The van der Waals surface area contributed by atoms with Gasteiger partial charge in [-0.15, -0.1) is 0 Å². The van der Waals surface area contributed by atoms with Gasteiger partial charge in [0.15, 0.2) is 0 Å². The van der Waals surface area contributed by atoms with E-state index in [1.807, 2.05) is 45.0 Å². The summed E-state index contributed by atoms with van der Waals surface area (Å²) < 4.78 is 27.5. The molecule has 2 aromatic carbocycles. The third-order valence-corrected chi connectivity index (χ3v) is 8.95. The second kappa shape index (κ2) is 12.9. The SMILES string of the molecule is CC[C@@H](C(=O)NC1CCCCC1)N(Cc1ccc(C)cc1)C(=O)CN(c1ccc(Br)c(C)c1)S(C)(=O)=O. The van der Waals surface area contributed by atoms with Crippen LogP contribution in [0.4, 0.5) is 5.69 Å². The van der Waals surface area contributed by atoms with E-state index in [4.69, 9.17) is 0 Å². The summed E-state index contributed by atoms with van der Waals surface area (Å²) in [7, 11) is -3.76. The highest BCUT2D eigenvalue weighted by Crippen LogP contribution is 2.25. The van der Waals surface area contributed by atoms with E-state index < -0.39 is 22.0 Å². The van der Waals surface area contributed by atoms with E-state index >= 15 is 0 Å². The molecule has 3 rings (SSSR count). The number of anilines is 1.